The summed E-state index contributed by atoms with van der Waals surface area (Å²) < 4.78 is 41.7. The molecule has 0 saturated heterocycles. The van der Waals surface area contributed by atoms with E-state index >= 15 is 0 Å². The van der Waals surface area contributed by atoms with Crippen LogP contribution in [-0.4, -0.2) is 25.5 Å². The average Bonchev–Trinajstić information content (AvgIpc) is 2.93. The number of nitrogens with one attached hydrogen (secondary N) is 1. The van der Waals surface area contributed by atoms with Crippen molar-refractivity contribution in [3.05, 3.63) is 50.2 Å². The molecule has 0 saturated carbocycles. The molecule has 3 rings (SSSR count). The van der Waals surface area contributed by atoms with Crippen LogP contribution in [0.2, 0.25) is 0 Å². The zero-order valence-corrected chi connectivity index (χ0v) is 15.6. The fraction of sp³-hybridized carbons (Fsp3) is 0.143. The largest absolute Gasteiger partial charge is 0.316 e. The average molecular weight is 479 g/mol. The summed E-state index contributed by atoms with van der Waals surface area (Å²) in [5.74, 6) is -2.10. The number of carbonyl (C=O) groups is 1. The number of halogens is 5. The molecule has 0 aliphatic rings. The number of amides is 1. The third-order valence-corrected chi connectivity index (χ3v) is 4.22. The van der Waals surface area contributed by atoms with Crippen LogP contribution in [0.4, 0.5) is 18.9 Å². The van der Waals surface area contributed by atoms with Gasteiger partial charge in [0.15, 0.2) is 0 Å². The van der Waals surface area contributed by atoms with E-state index in [1.54, 1.807) is 0 Å². The topological polar surface area (TPSA) is 72.2 Å². The first-order chi connectivity index (χ1) is 11.8. The molecular weight excluding hydrogens is 471 g/mol. The second-order valence-corrected chi connectivity index (χ2v) is 6.74. The maximum absolute atomic E-state index is 14.0. The molecule has 0 spiro atoms. The lowest BCUT2D eigenvalue weighted by molar-refractivity contribution is 0.101. The lowest BCUT2D eigenvalue weighted by Crippen LogP contribution is -2.15. The van der Waals surface area contributed by atoms with E-state index < -0.39 is 29.7 Å². The number of carbonyl (C=O) groups excluding carboxylic acids is 1. The van der Waals surface area contributed by atoms with Gasteiger partial charge in [0.05, 0.1) is 5.69 Å². The standard InChI is InChI=1S/C14H8Br2F3N5O/c1-5-2-9(11(18)19)24-14(20-5)22-12(23-24)13(25)21-10-7(16)3-6(15)4-8(10)17/h2-4,11H,1H3,(H,21,25). The quantitative estimate of drug-likeness (QED) is 0.609. The number of benzene rings is 1. The van der Waals surface area contributed by atoms with Crippen LogP contribution in [0.15, 0.2) is 27.1 Å². The normalized spacial score (nSPS) is 11.3. The van der Waals surface area contributed by atoms with Crippen LogP contribution in [0.5, 0.6) is 0 Å². The molecule has 0 unspecified atom stereocenters. The highest BCUT2D eigenvalue weighted by molar-refractivity contribution is 9.11. The Morgan fingerprint density at radius 1 is 1.24 bits per heavy atom. The Bertz CT molecular complexity index is 969. The number of alkyl halides is 2. The Balaban J connectivity index is 2.00. The molecule has 2 heterocycles. The number of nitrogens with zero attached hydrogens (tertiary/aromatic N) is 4. The van der Waals surface area contributed by atoms with Gasteiger partial charge in [-0.3, -0.25) is 4.79 Å². The Labute approximate surface area is 155 Å². The van der Waals surface area contributed by atoms with Gasteiger partial charge in [0.2, 0.25) is 5.82 Å². The first-order valence-corrected chi connectivity index (χ1v) is 8.33. The Hall–Kier alpha value is -2.01. The van der Waals surface area contributed by atoms with Crippen molar-refractivity contribution >= 4 is 49.2 Å². The minimum atomic E-state index is -2.82. The predicted molar refractivity (Wildman–Crippen MR) is 90.2 cm³/mol. The van der Waals surface area contributed by atoms with Crippen LogP contribution >= 0.6 is 31.9 Å². The lowest BCUT2D eigenvalue weighted by atomic mass is 10.3. The van der Waals surface area contributed by atoms with E-state index in [0.29, 0.717) is 14.6 Å². The second kappa shape index (κ2) is 6.71. The second-order valence-electron chi connectivity index (χ2n) is 4.97. The molecule has 25 heavy (non-hydrogen) atoms. The van der Waals surface area contributed by atoms with Crippen molar-refractivity contribution in [3.8, 4) is 0 Å². The fourth-order valence-corrected chi connectivity index (χ4v) is 3.37. The smallest absolute Gasteiger partial charge is 0.295 e. The Morgan fingerprint density at radius 2 is 1.96 bits per heavy atom. The van der Waals surface area contributed by atoms with Gasteiger partial charge in [-0.25, -0.2) is 18.2 Å². The summed E-state index contributed by atoms with van der Waals surface area (Å²) >= 11 is 6.25. The summed E-state index contributed by atoms with van der Waals surface area (Å²) in [5, 5.41) is 6.06. The van der Waals surface area contributed by atoms with E-state index in [1.165, 1.54) is 13.0 Å². The van der Waals surface area contributed by atoms with Crippen molar-refractivity contribution in [2.24, 2.45) is 0 Å². The third kappa shape index (κ3) is 3.52. The van der Waals surface area contributed by atoms with Crippen molar-refractivity contribution < 1.29 is 18.0 Å². The summed E-state index contributed by atoms with van der Waals surface area (Å²) in [4.78, 5) is 20.1. The Morgan fingerprint density at radius 3 is 2.60 bits per heavy atom. The summed E-state index contributed by atoms with van der Waals surface area (Å²) in [5.41, 5.74) is -0.251. The van der Waals surface area contributed by atoms with Gasteiger partial charge in [-0.15, -0.1) is 5.10 Å². The van der Waals surface area contributed by atoms with E-state index in [9.17, 15) is 18.0 Å². The van der Waals surface area contributed by atoms with Crippen molar-refractivity contribution in [2.75, 3.05) is 5.32 Å². The van der Waals surface area contributed by atoms with Crippen LogP contribution in [0.25, 0.3) is 5.78 Å². The predicted octanol–water partition coefficient (Wildman–Crippen LogP) is 4.29. The van der Waals surface area contributed by atoms with Gasteiger partial charge in [-0.2, -0.15) is 9.50 Å². The summed E-state index contributed by atoms with van der Waals surface area (Å²) in [6.45, 7) is 1.52. The molecule has 2 aromatic heterocycles. The summed E-state index contributed by atoms with van der Waals surface area (Å²) in [6.07, 6.45) is -2.82. The van der Waals surface area contributed by atoms with Crippen molar-refractivity contribution in [2.45, 2.75) is 13.3 Å². The Kier molecular flexibility index (Phi) is 4.78. The lowest BCUT2D eigenvalue weighted by Gasteiger charge is -2.07. The van der Waals surface area contributed by atoms with E-state index in [2.05, 4.69) is 52.2 Å². The molecule has 1 N–H and O–H groups in total. The van der Waals surface area contributed by atoms with Crippen molar-refractivity contribution in [1.82, 2.24) is 19.6 Å². The van der Waals surface area contributed by atoms with Gasteiger partial charge in [0.25, 0.3) is 18.1 Å². The molecule has 0 atom stereocenters. The molecule has 130 valence electrons. The number of fused-ring (bicyclic) bond motifs is 1. The minimum absolute atomic E-state index is 0.120. The monoisotopic (exact) mass is 477 g/mol. The maximum Gasteiger partial charge on any atom is 0.295 e. The molecule has 11 heteroatoms. The van der Waals surface area contributed by atoms with Gasteiger partial charge in [0, 0.05) is 14.6 Å². The third-order valence-electron chi connectivity index (χ3n) is 3.14. The maximum atomic E-state index is 14.0. The highest BCUT2D eigenvalue weighted by Crippen LogP contribution is 2.30. The minimum Gasteiger partial charge on any atom is -0.316 e. The molecular formula is C14H8Br2F3N5O. The fourth-order valence-electron chi connectivity index (χ4n) is 2.10. The zero-order valence-electron chi connectivity index (χ0n) is 12.4. The molecule has 0 fully saturated rings. The number of rotatable bonds is 3. The molecule has 0 aliphatic carbocycles. The SMILES string of the molecule is Cc1cc(C(F)F)n2nc(C(=O)Nc3c(F)cc(Br)cc3Br)nc2n1. The van der Waals surface area contributed by atoms with Gasteiger partial charge in [0.1, 0.15) is 11.5 Å². The number of hydrogen-bond donors (Lipinski definition) is 1. The van der Waals surface area contributed by atoms with Crippen LogP contribution < -0.4 is 5.32 Å². The zero-order chi connectivity index (χ0) is 18.3. The molecule has 1 amide bonds. The van der Waals surface area contributed by atoms with Crippen LogP contribution in [0.1, 0.15) is 28.4 Å². The van der Waals surface area contributed by atoms with Crippen molar-refractivity contribution in [1.29, 1.82) is 0 Å². The first-order valence-electron chi connectivity index (χ1n) is 6.74. The molecule has 3 aromatic rings. The van der Waals surface area contributed by atoms with E-state index in [-0.39, 0.29) is 11.5 Å². The van der Waals surface area contributed by atoms with Crippen molar-refractivity contribution in [3.63, 3.8) is 0 Å². The van der Waals surface area contributed by atoms with Gasteiger partial charge >= 0.3 is 0 Å². The van der Waals surface area contributed by atoms with Crippen LogP contribution in [0.3, 0.4) is 0 Å². The molecule has 1 aromatic carbocycles. The van der Waals surface area contributed by atoms with E-state index in [4.69, 9.17) is 0 Å². The molecule has 0 radical (unpaired) electrons. The number of anilines is 1. The van der Waals surface area contributed by atoms with E-state index in [1.807, 2.05) is 0 Å². The van der Waals surface area contributed by atoms with Crippen LogP contribution in [-0.2, 0) is 0 Å². The first kappa shape index (κ1) is 17.8. The highest BCUT2D eigenvalue weighted by Gasteiger charge is 2.21. The number of aromatic nitrogens is 4. The number of hydrogen-bond acceptors (Lipinski definition) is 4. The summed E-state index contributed by atoms with van der Waals surface area (Å²) in [7, 11) is 0. The summed E-state index contributed by atoms with van der Waals surface area (Å²) in [6, 6.07) is 3.85. The van der Waals surface area contributed by atoms with Gasteiger partial charge in [-0.05, 0) is 41.1 Å². The molecule has 0 bridgehead atoms. The molecule has 6 nitrogen and oxygen atoms in total. The van der Waals surface area contributed by atoms with Crippen LogP contribution in [0, 0.1) is 12.7 Å². The highest BCUT2D eigenvalue weighted by atomic mass is 79.9. The van der Waals surface area contributed by atoms with Gasteiger partial charge < -0.3 is 5.32 Å². The number of aryl methyl sites for hydroxylation is 1. The molecule has 0 aliphatic heterocycles. The van der Waals surface area contributed by atoms with Gasteiger partial charge in [-0.1, -0.05) is 15.9 Å². The van der Waals surface area contributed by atoms with E-state index in [0.717, 1.165) is 16.6 Å².